The van der Waals surface area contributed by atoms with Gasteiger partial charge in [0.1, 0.15) is 11.6 Å². The van der Waals surface area contributed by atoms with Gasteiger partial charge in [-0.3, -0.25) is 9.35 Å². The predicted octanol–water partition coefficient (Wildman–Crippen LogP) is 2.18. The highest BCUT2D eigenvalue weighted by molar-refractivity contribution is 7.85. The Morgan fingerprint density at radius 3 is 2.21 bits per heavy atom. The summed E-state index contributed by atoms with van der Waals surface area (Å²) >= 11 is 0. The number of carbonyl (C=O) groups excluding carboxylic acids is 1. The van der Waals surface area contributed by atoms with E-state index in [4.69, 9.17) is 4.55 Å². The molecular formula is C19H26N4O4S. The van der Waals surface area contributed by atoms with Gasteiger partial charge in [-0.05, 0) is 64.8 Å². The molecule has 0 bridgehead atoms. The van der Waals surface area contributed by atoms with Crippen molar-refractivity contribution in [2.75, 3.05) is 5.32 Å². The van der Waals surface area contributed by atoms with Crippen molar-refractivity contribution in [1.29, 1.82) is 5.26 Å². The number of hydrogen-bond acceptors (Lipinski definition) is 6. The monoisotopic (exact) mass is 406 g/mol. The third kappa shape index (κ3) is 6.05. The maximum Gasteiger partial charge on any atom is 0.294 e. The summed E-state index contributed by atoms with van der Waals surface area (Å²) in [4.78, 5) is 12.1. The summed E-state index contributed by atoms with van der Waals surface area (Å²) in [7, 11) is -4.30. The zero-order valence-electron chi connectivity index (χ0n) is 16.4. The van der Waals surface area contributed by atoms with Crippen molar-refractivity contribution in [3.8, 4) is 6.07 Å². The standard InChI is InChI=1S/C19H26N4O4S/c1-18(2)9-15(10-19(3,4)23-18)21-12-13(11-20)17(24)22-14-5-7-16(8-6-14)28(25,26)27/h5-8,12,15,21,23H,9-10H2,1-4H3,(H,22,24)(H,25,26,27)/b13-12-. The molecule has 2 rings (SSSR count). The van der Waals surface area contributed by atoms with Gasteiger partial charge in [-0.15, -0.1) is 0 Å². The van der Waals surface area contributed by atoms with E-state index in [0.717, 1.165) is 25.0 Å². The molecule has 0 aromatic heterocycles. The molecule has 1 aliphatic rings. The second-order valence-corrected chi connectivity index (χ2v) is 9.71. The number of hydrogen-bond donors (Lipinski definition) is 4. The Morgan fingerprint density at radius 1 is 1.21 bits per heavy atom. The Hall–Kier alpha value is -2.41. The normalized spacial score (nSPS) is 19.5. The SMILES string of the molecule is CC1(C)CC(N/C=C(/C#N)C(=O)Nc2ccc(S(=O)(=O)O)cc2)CC(C)(C)N1. The van der Waals surface area contributed by atoms with E-state index >= 15 is 0 Å². The lowest BCUT2D eigenvalue weighted by Gasteiger charge is -2.46. The number of nitrogens with one attached hydrogen (secondary N) is 3. The van der Waals surface area contributed by atoms with Crippen LogP contribution in [-0.4, -0.2) is 36.0 Å². The van der Waals surface area contributed by atoms with E-state index in [-0.39, 0.29) is 27.6 Å². The molecule has 1 aromatic carbocycles. The second-order valence-electron chi connectivity index (χ2n) is 8.29. The van der Waals surface area contributed by atoms with Crippen molar-refractivity contribution >= 4 is 21.7 Å². The van der Waals surface area contributed by atoms with Gasteiger partial charge >= 0.3 is 0 Å². The third-order valence-corrected chi connectivity index (χ3v) is 5.30. The number of nitrogens with zero attached hydrogens (tertiary/aromatic N) is 1. The van der Waals surface area contributed by atoms with Crippen molar-refractivity contribution in [2.24, 2.45) is 0 Å². The fraction of sp³-hybridized carbons (Fsp3) is 0.474. The van der Waals surface area contributed by atoms with Crippen LogP contribution in [0.1, 0.15) is 40.5 Å². The zero-order chi connectivity index (χ0) is 21.2. The van der Waals surface area contributed by atoms with Crippen LogP contribution in [0.25, 0.3) is 0 Å². The summed E-state index contributed by atoms with van der Waals surface area (Å²) in [6.45, 7) is 8.45. The highest BCUT2D eigenvalue weighted by atomic mass is 32.2. The first-order chi connectivity index (χ1) is 12.8. The van der Waals surface area contributed by atoms with Crippen molar-refractivity contribution in [3.63, 3.8) is 0 Å². The Bertz CT molecular complexity index is 896. The minimum absolute atomic E-state index is 0.0723. The molecule has 1 aromatic rings. The van der Waals surface area contributed by atoms with Gasteiger partial charge in [0, 0.05) is 29.0 Å². The molecule has 0 spiro atoms. The molecule has 1 saturated heterocycles. The van der Waals surface area contributed by atoms with Gasteiger partial charge in [0.2, 0.25) is 0 Å². The topological polar surface area (TPSA) is 131 Å². The summed E-state index contributed by atoms with van der Waals surface area (Å²) in [5, 5.41) is 18.6. The maximum atomic E-state index is 12.3. The van der Waals surface area contributed by atoms with E-state index in [2.05, 4.69) is 43.6 Å². The average Bonchev–Trinajstić information content (AvgIpc) is 2.52. The molecule has 8 nitrogen and oxygen atoms in total. The third-order valence-electron chi connectivity index (χ3n) is 4.43. The number of nitriles is 1. The molecule has 28 heavy (non-hydrogen) atoms. The van der Waals surface area contributed by atoms with Gasteiger partial charge in [0.25, 0.3) is 16.0 Å². The van der Waals surface area contributed by atoms with Gasteiger partial charge in [-0.2, -0.15) is 13.7 Å². The number of anilines is 1. The van der Waals surface area contributed by atoms with Crippen molar-refractivity contribution in [1.82, 2.24) is 10.6 Å². The fourth-order valence-electron chi connectivity index (χ4n) is 3.70. The lowest BCUT2D eigenvalue weighted by atomic mass is 9.80. The van der Waals surface area contributed by atoms with E-state index in [1.165, 1.54) is 18.3 Å². The average molecular weight is 407 g/mol. The Labute approximate surface area is 165 Å². The number of rotatable bonds is 5. The van der Waals surface area contributed by atoms with Crippen LogP contribution < -0.4 is 16.0 Å². The number of amides is 1. The van der Waals surface area contributed by atoms with E-state index in [0.29, 0.717) is 5.69 Å². The smallest absolute Gasteiger partial charge is 0.294 e. The zero-order valence-corrected chi connectivity index (χ0v) is 17.2. The van der Waals surface area contributed by atoms with Gasteiger partial charge in [-0.1, -0.05) is 0 Å². The molecule has 9 heteroatoms. The fourth-order valence-corrected chi connectivity index (χ4v) is 4.18. The summed E-state index contributed by atoms with van der Waals surface area (Å²) in [6.07, 6.45) is 3.10. The highest BCUT2D eigenvalue weighted by Crippen LogP contribution is 2.28. The minimum atomic E-state index is -4.30. The van der Waals surface area contributed by atoms with E-state index in [1.54, 1.807) is 0 Å². The van der Waals surface area contributed by atoms with Crippen LogP contribution in [-0.2, 0) is 14.9 Å². The lowest BCUT2D eigenvalue weighted by Crippen LogP contribution is -2.61. The molecular weight excluding hydrogens is 380 g/mol. The summed E-state index contributed by atoms with van der Waals surface area (Å²) in [6, 6.07) is 6.98. The molecule has 0 radical (unpaired) electrons. The van der Waals surface area contributed by atoms with Gasteiger partial charge in [-0.25, -0.2) is 0 Å². The summed E-state index contributed by atoms with van der Waals surface area (Å²) < 4.78 is 31.1. The molecule has 0 aliphatic carbocycles. The van der Waals surface area contributed by atoms with Gasteiger partial charge in [0.05, 0.1) is 4.90 Å². The van der Waals surface area contributed by atoms with Crippen LogP contribution in [0.4, 0.5) is 5.69 Å². The Kier molecular flexibility index (Phi) is 6.18. The van der Waals surface area contributed by atoms with Crippen LogP contribution >= 0.6 is 0 Å². The minimum Gasteiger partial charge on any atom is -0.387 e. The molecule has 1 heterocycles. The first-order valence-corrected chi connectivity index (χ1v) is 10.3. The first kappa shape index (κ1) is 21.9. The van der Waals surface area contributed by atoms with Crippen LogP contribution in [0.5, 0.6) is 0 Å². The Morgan fingerprint density at radius 2 is 1.75 bits per heavy atom. The lowest BCUT2D eigenvalue weighted by molar-refractivity contribution is -0.112. The van der Waals surface area contributed by atoms with Crippen molar-refractivity contribution in [3.05, 3.63) is 36.0 Å². The molecule has 0 saturated carbocycles. The highest BCUT2D eigenvalue weighted by Gasteiger charge is 2.37. The molecule has 4 N–H and O–H groups in total. The van der Waals surface area contributed by atoms with E-state index in [1.807, 2.05) is 6.07 Å². The molecule has 0 atom stereocenters. The van der Waals surface area contributed by atoms with Crippen LogP contribution in [0.3, 0.4) is 0 Å². The van der Waals surface area contributed by atoms with Crippen LogP contribution in [0.2, 0.25) is 0 Å². The second kappa shape index (κ2) is 7.91. The first-order valence-electron chi connectivity index (χ1n) is 8.86. The molecule has 1 amide bonds. The van der Waals surface area contributed by atoms with Gasteiger partial charge in [0.15, 0.2) is 0 Å². The quantitative estimate of drug-likeness (QED) is 0.335. The van der Waals surface area contributed by atoms with Crippen molar-refractivity contribution < 1.29 is 17.8 Å². The van der Waals surface area contributed by atoms with Crippen LogP contribution in [0, 0.1) is 11.3 Å². The molecule has 152 valence electrons. The predicted molar refractivity (Wildman–Crippen MR) is 106 cm³/mol. The molecule has 1 fully saturated rings. The van der Waals surface area contributed by atoms with E-state index < -0.39 is 16.0 Å². The van der Waals surface area contributed by atoms with Crippen LogP contribution in [0.15, 0.2) is 40.9 Å². The molecule has 1 aliphatic heterocycles. The van der Waals surface area contributed by atoms with E-state index in [9.17, 15) is 18.5 Å². The largest absolute Gasteiger partial charge is 0.387 e. The Balaban J connectivity index is 2.06. The maximum absolute atomic E-state index is 12.3. The van der Waals surface area contributed by atoms with Gasteiger partial charge < -0.3 is 16.0 Å². The molecule has 0 unspecified atom stereocenters. The summed E-state index contributed by atoms with van der Waals surface area (Å²) in [5.41, 5.74) is 0.0736. The number of benzene rings is 1. The number of piperidine rings is 1. The number of carbonyl (C=O) groups is 1. The van der Waals surface area contributed by atoms with Crippen molar-refractivity contribution in [2.45, 2.75) is 62.6 Å². The summed E-state index contributed by atoms with van der Waals surface area (Å²) in [5.74, 6) is -0.609.